The van der Waals surface area contributed by atoms with Crippen molar-refractivity contribution in [2.75, 3.05) is 7.11 Å². The van der Waals surface area contributed by atoms with Crippen LogP contribution in [0.1, 0.15) is 0 Å². The van der Waals surface area contributed by atoms with E-state index in [-0.39, 0.29) is 11.4 Å². The minimum atomic E-state index is -0.590. The van der Waals surface area contributed by atoms with Gasteiger partial charge in [-0.25, -0.2) is 5.53 Å². The standard InChI is InChI=1S/C7H7N3O3/c1-13-5-2-3-7(10(11)12)6(4-5)9-8/h2-4,8H,1H3. The van der Waals surface area contributed by atoms with E-state index in [2.05, 4.69) is 5.11 Å². The van der Waals surface area contributed by atoms with Gasteiger partial charge >= 0.3 is 0 Å². The van der Waals surface area contributed by atoms with Gasteiger partial charge in [-0.2, -0.15) is 5.11 Å². The number of ether oxygens (including phenoxy) is 1. The molecule has 0 aliphatic heterocycles. The minimum absolute atomic E-state index is 0.00986. The summed E-state index contributed by atoms with van der Waals surface area (Å²) in [5.74, 6) is 0.441. The molecule has 0 saturated carbocycles. The lowest BCUT2D eigenvalue weighted by Gasteiger charge is -1.99. The van der Waals surface area contributed by atoms with Crippen molar-refractivity contribution in [2.45, 2.75) is 0 Å². The van der Waals surface area contributed by atoms with Crippen molar-refractivity contribution in [3.8, 4) is 5.75 Å². The van der Waals surface area contributed by atoms with E-state index in [1.165, 1.54) is 25.3 Å². The van der Waals surface area contributed by atoms with E-state index in [9.17, 15) is 10.1 Å². The fourth-order valence-corrected chi connectivity index (χ4v) is 0.874. The van der Waals surface area contributed by atoms with Gasteiger partial charge in [0, 0.05) is 12.1 Å². The number of nitro groups is 1. The van der Waals surface area contributed by atoms with Crippen molar-refractivity contribution in [2.24, 2.45) is 5.11 Å². The first kappa shape index (κ1) is 9.11. The summed E-state index contributed by atoms with van der Waals surface area (Å²) in [5.41, 5.74) is 6.51. The maximum absolute atomic E-state index is 10.4. The number of methoxy groups -OCH3 is 1. The second-order valence-electron chi connectivity index (χ2n) is 2.22. The molecule has 1 aromatic carbocycles. The van der Waals surface area contributed by atoms with Crippen LogP contribution in [0, 0.1) is 15.6 Å². The van der Waals surface area contributed by atoms with Crippen molar-refractivity contribution >= 4 is 11.4 Å². The molecule has 6 nitrogen and oxygen atoms in total. The fourth-order valence-electron chi connectivity index (χ4n) is 0.874. The average molecular weight is 181 g/mol. The molecule has 0 spiro atoms. The fraction of sp³-hybridized carbons (Fsp3) is 0.143. The summed E-state index contributed by atoms with van der Waals surface area (Å²) in [6.07, 6.45) is 0. The number of nitro benzene ring substituents is 1. The zero-order chi connectivity index (χ0) is 9.84. The largest absolute Gasteiger partial charge is 0.497 e. The van der Waals surface area contributed by atoms with Crippen LogP contribution in [0.25, 0.3) is 0 Å². The zero-order valence-corrected chi connectivity index (χ0v) is 6.85. The molecule has 0 saturated heterocycles. The number of hydrogen-bond donors (Lipinski definition) is 1. The van der Waals surface area contributed by atoms with Crippen LogP contribution in [0.15, 0.2) is 23.3 Å². The van der Waals surface area contributed by atoms with Gasteiger partial charge in [0.25, 0.3) is 5.69 Å². The molecule has 0 unspecified atom stereocenters. The van der Waals surface area contributed by atoms with Crippen LogP contribution in [0.5, 0.6) is 5.75 Å². The smallest absolute Gasteiger partial charge is 0.296 e. The van der Waals surface area contributed by atoms with Gasteiger partial charge in [0.05, 0.1) is 12.0 Å². The van der Waals surface area contributed by atoms with Gasteiger partial charge in [-0.3, -0.25) is 10.1 Å². The molecule has 0 fully saturated rings. The van der Waals surface area contributed by atoms with Crippen LogP contribution in [0.2, 0.25) is 0 Å². The average Bonchev–Trinajstić information content (AvgIpc) is 2.16. The summed E-state index contributed by atoms with van der Waals surface area (Å²) < 4.78 is 4.83. The Hall–Kier alpha value is -1.98. The van der Waals surface area contributed by atoms with Crippen LogP contribution in [0.3, 0.4) is 0 Å². The molecule has 0 heterocycles. The first-order valence-electron chi connectivity index (χ1n) is 3.39. The maximum Gasteiger partial charge on any atom is 0.296 e. The third kappa shape index (κ3) is 1.78. The molecule has 1 rings (SSSR count). The SMILES string of the molecule is COc1ccc([N+](=O)[O-])c(N=N)c1. The van der Waals surface area contributed by atoms with Gasteiger partial charge in [0.1, 0.15) is 5.75 Å². The topological polar surface area (TPSA) is 88.6 Å². The Morgan fingerprint density at radius 1 is 1.62 bits per heavy atom. The second kappa shape index (κ2) is 3.61. The molecular formula is C7H7N3O3. The molecule has 68 valence electrons. The number of hydrogen-bond acceptors (Lipinski definition) is 5. The molecule has 0 atom stereocenters. The highest BCUT2D eigenvalue weighted by Crippen LogP contribution is 2.30. The van der Waals surface area contributed by atoms with Gasteiger partial charge in [0.2, 0.25) is 0 Å². The quantitative estimate of drug-likeness (QED) is 0.440. The first-order valence-corrected chi connectivity index (χ1v) is 3.39. The van der Waals surface area contributed by atoms with E-state index < -0.39 is 4.92 Å². The van der Waals surface area contributed by atoms with Crippen LogP contribution in [-0.4, -0.2) is 12.0 Å². The van der Waals surface area contributed by atoms with E-state index in [4.69, 9.17) is 10.3 Å². The second-order valence-corrected chi connectivity index (χ2v) is 2.22. The molecule has 13 heavy (non-hydrogen) atoms. The highest BCUT2D eigenvalue weighted by atomic mass is 16.6. The van der Waals surface area contributed by atoms with Crippen LogP contribution in [-0.2, 0) is 0 Å². The van der Waals surface area contributed by atoms with Crippen LogP contribution >= 0.6 is 0 Å². The Morgan fingerprint density at radius 3 is 2.77 bits per heavy atom. The van der Waals surface area contributed by atoms with Crippen LogP contribution < -0.4 is 4.74 Å². The highest BCUT2D eigenvalue weighted by Gasteiger charge is 2.13. The summed E-state index contributed by atoms with van der Waals surface area (Å²) in [6, 6.07) is 4.05. The highest BCUT2D eigenvalue weighted by molar-refractivity contribution is 5.59. The Bertz CT molecular complexity index is 351. The summed E-state index contributed by atoms with van der Waals surface area (Å²) in [5, 5.41) is 13.4. The van der Waals surface area contributed by atoms with Crippen molar-refractivity contribution < 1.29 is 9.66 Å². The minimum Gasteiger partial charge on any atom is -0.497 e. The lowest BCUT2D eigenvalue weighted by molar-refractivity contribution is -0.384. The third-order valence-corrected chi connectivity index (χ3v) is 1.50. The third-order valence-electron chi connectivity index (χ3n) is 1.50. The van der Waals surface area contributed by atoms with E-state index in [0.29, 0.717) is 5.75 Å². The normalized spacial score (nSPS) is 9.31. The summed E-state index contributed by atoms with van der Waals surface area (Å²) in [6.45, 7) is 0. The molecule has 1 N–H and O–H groups in total. The molecule has 1 aromatic rings. The molecule has 0 bridgehead atoms. The van der Waals surface area contributed by atoms with E-state index in [1.54, 1.807) is 0 Å². The van der Waals surface area contributed by atoms with Crippen molar-refractivity contribution in [3.05, 3.63) is 28.3 Å². The van der Waals surface area contributed by atoms with Gasteiger partial charge in [0.15, 0.2) is 5.69 Å². The van der Waals surface area contributed by atoms with Crippen molar-refractivity contribution in [3.63, 3.8) is 0 Å². The number of rotatable bonds is 3. The molecule has 0 aromatic heterocycles. The number of nitrogens with zero attached hydrogens (tertiary/aromatic N) is 2. The van der Waals surface area contributed by atoms with Gasteiger partial charge in [-0.15, -0.1) is 0 Å². The predicted molar refractivity (Wildman–Crippen MR) is 44.5 cm³/mol. The molecular weight excluding hydrogens is 174 g/mol. The first-order chi connectivity index (χ1) is 6.19. The molecule has 0 aliphatic rings. The summed E-state index contributed by atoms with van der Waals surface area (Å²) in [4.78, 5) is 9.81. The van der Waals surface area contributed by atoms with Gasteiger partial charge in [-0.1, -0.05) is 0 Å². The zero-order valence-electron chi connectivity index (χ0n) is 6.85. The Kier molecular flexibility index (Phi) is 2.53. The lowest BCUT2D eigenvalue weighted by atomic mass is 10.2. The lowest BCUT2D eigenvalue weighted by Crippen LogP contribution is -1.89. The van der Waals surface area contributed by atoms with Crippen molar-refractivity contribution in [1.29, 1.82) is 5.53 Å². The molecule has 6 heteroatoms. The van der Waals surface area contributed by atoms with Crippen LogP contribution in [0.4, 0.5) is 11.4 Å². The number of nitrogens with one attached hydrogen (secondary N) is 1. The Labute approximate surface area is 73.8 Å². The molecule has 0 aliphatic carbocycles. The molecule has 0 amide bonds. The van der Waals surface area contributed by atoms with Gasteiger partial charge < -0.3 is 4.74 Å². The Balaban J connectivity index is 3.23. The summed E-state index contributed by atoms with van der Waals surface area (Å²) in [7, 11) is 1.44. The summed E-state index contributed by atoms with van der Waals surface area (Å²) >= 11 is 0. The maximum atomic E-state index is 10.4. The van der Waals surface area contributed by atoms with E-state index in [1.807, 2.05) is 0 Å². The van der Waals surface area contributed by atoms with E-state index >= 15 is 0 Å². The predicted octanol–water partition coefficient (Wildman–Crippen LogP) is 2.27. The van der Waals surface area contributed by atoms with E-state index in [0.717, 1.165) is 0 Å². The molecule has 0 radical (unpaired) electrons. The van der Waals surface area contributed by atoms with Crippen molar-refractivity contribution in [1.82, 2.24) is 0 Å². The number of benzene rings is 1. The van der Waals surface area contributed by atoms with Gasteiger partial charge in [-0.05, 0) is 6.07 Å². The Morgan fingerprint density at radius 2 is 2.31 bits per heavy atom. The monoisotopic (exact) mass is 181 g/mol.